The van der Waals surface area contributed by atoms with Crippen molar-refractivity contribution in [3.8, 4) is 11.5 Å². The van der Waals surface area contributed by atoms with Gasteiger partial charge in [0, 0.05) is 0 Å². The topological polar surface area (TPSA) is 20.2 Å². The van der Waals surface area contributed by atoms with Gasteiger partial charge in [-0.2, -0.15) is 0 Å². The monoisotopic (exact) mass is 160 g/mol. The van der Waals surface area contributed by atoms with E-state index in [9.17, 15) is 4.39 Å². The van der Waals surface area contributed by atoms with Gasteiger partial charge in [0.1, 0.15) is 8.07 Å². The number of hydrogen-bond acceptors (Lipinski definition) is 1. The first kappa shape index (κ1) is 9.67. The van der Waals surface area contributed by atoms with E-state index < -0.39 is 20.9 Å². The summed E-state index contributed by atoms with van der Waals surface area (Å²) in [6.45, 7) is 5.61. The van der Waals surface area contributed by atoms with Gasteiger partial charge < -0.3 is 5.11 Å². The second kappa shape index (κ2) is 3.74. The average Bonchev–Trinajstić information content (AvgIpc) is 1.81. The second-order valence-corrected chi connectivity index (χ2v) is 7.92. The molecule has 0 aromatic heterocycles. The SMILES string of the molecule is C[Si](C)(C)C#CC(F)CO. The van der Waals surface area contributed by atoms with Crippen LogP contribution in [0.25, 0.3) is 0 Å². The van der Waals surface area contributed by atoms with Crippen LogP contribution in [0.5, 0.6) is 0 Å². The van der Waals surface area contributed by atoms with Crippen LogP contribution in [-0.2, 0) is 0 Å². The van der Waals surface area contributed by atoms with E-state index in [2.05, 4.69) is 11.5 Å². The first-order valence-electron chi connectivity index (χ1n) is 3.23. The van der Waals surface area contributed by atoms with Crippen molar-refractivity contribution >= 4 is 8.07 Å². The molecular weight excluding hydrogens is 147 g/mol. The van der Waals surface area contributed by atoms with Crippen LogP contribution in [0.3, 0.4) is 0 Å². The quantitative estimate of drug-likeness (QED) is 0.451. The molecular formula is C7H13FOSi. The van der Waals surface area contributed by atoms with Gasteiger partial charge in [-0.25, -0.2) is 4.39 Å². The number of rotatable bonds is 1. The Morgan fingerprint density at radius 2 is 2.00 bits per heavy atom. The molecule has 1 nitrogen and oxygen atoms in total. The second-order valence-electron chi connectivity index (χ2n) is 3.17. The normalized spacial score (nSPS) is 13.7. The van der Waals surface area contributed by atoms with E-state index >= 15 is 0 Å². The van der Waals surface area contributed by atoms with Crippen LogP contribution in [0.4, 0.5) is 4.39 Å². The Morgan fingerprint density at radius 3 is 2.30 bits per heavy atom. The molecule has 0 aromatic rings. The first-order chi connectivity index (χ1) is 4.45. The number of aliphatic hydroxyl groups is 1. The fourth-order valence-corrected chi connectivity index (χ4v) is 0.930. The van der Waals surface area contributed by atoms with Gasteiger partial charge in [0.05, 0.1) is 6.61 Å². The third-order valence-electron chi connectivity index (χ3n) is 0.764. The molecule has 0 rings (SSSR count). The maximum atomic E-state index is 12.3. The van der Waals surface area contributed by atoms with Gasteiger partial charge >= 0.3 is 0 Å². The lowest BCUT2D eigenvalue weighted by molar-refractivity contribution is 0.215. The van der Waals surface area contributed by atoms with Gasteiger partial charge in [0.15, 0.2) is 6.17 Å². The van der Waals surface area contributed by atoms with Gasteiger partial charge in [0.2, 0.25) is 0 Å². The Balaban J connectivity index is 3.91. The predicted molar refractivity (Wildman–Crippen MR) is 43.1 cm³/mol. The van der Waals surface area contributed by atoms with E-state index in [-0.39, 0.29) is 0 Å². The molecule has 0 aliphatic rings. The van der Waals surface area contributed by atoms with Crippen molar-refractivity contribution in [2.24, 2.45) is 0 Å². The van der Waals surface area contributed by atoms with Crippen molar-refractivity contribution in [3.05, 3.63) is 0 Å². The average molecular weight is 160 g/mol. The third-order valence-corrected chi connectivity index (χ3v) is 1.66. The molecule has 0 fully saturated rings. The van der Waals surface area contributed by atoms with Crippen LogP contribution in [0.15, 0.2) is 0 Å². The Labute approximate surface area is 62.3 Å². The maximum Gasteiger partial charge on any atom is 0.182 e. The van der Waals surface area contributed by atoms with Crippen molar-refractivity contribution in [1.82, 2.24) is 0 Å². The predicted octanol–water partition coefficient (Wildman–Crippen LogP) is 1.20. The smallest absolute Gasteiger partial charge is 0.182 e. The minimum absolute atomic E-state index is 0.489. The molecule has 0 aliphatic heterocycles. The fraction of sp³-hybridized carbons (Fsp3) is 0.714. The van der Waals surface area contributed by atoms with Gasteiger partial charge in [-0.1, -0.05) is 25.6 Å². The van der Waals surface area contributed by atoms with Crippen LogP contribution in [0.2, 0.25) is 19.6 Å². The summed E-state index contributed by atoms with van der Waals surface area (Å²) in [5, 5.41) is 8.27. The molecule has 0 bridgehead atoms. The minimum Gasteiger partial charge on any atom is -0.392 e. The zero-order valence-corrected chi connectivity index (χ0v) is 7.61. The first-order valence-corrected chi connectivity index (χ1v) is 6.73. The molecule has 0 amide bonds. The van der Waals surface area contributed by atoms with E-state index in [0.29, 0.717) is 0 Å². The van der Waals surface area contributed by atoms with Crippen LogP contribution in [0, 0.1) is 11.5 Å². The highest BCUT2D eigenvalue weighted by molar-refractivity contribution is 6.83. The van der Waals surface area contributed by atoms with Crippen molar-refractivity contribution in [3.63, 3.8) is 0 Å². The summed E-state index contributed by atoms with van der Waals surface area (Å²) in [5.41, 5.74) is 2.83. The van der Waals surface area contributed by atoms with E-state index in [1.165, 1.54) is 0 Å². The number of hydrogen-bond donors (Lipinski definition) is 1. The summed E-state index contributed by atoms with van der Waals surface area (Å²) in [5.74, 6) is 2.37. The number of alkyl halides is 1. The van der Waals surface area contributed by atoms with Gasteiger partial charge in [-0.3, -0.25) is 0 Å². The van der Waals surface area contributed by atoms with E-state index in [1.54, 1.807) is 0 Å². The van der Waals surface area contributed by atoms with Crippen LogP contribution >= 0.6 is 0 Å². The Bertz CT molecular complexity index is 151. The minimum atomic E-state index is -1.45. The molecule has 3 heteroatoms. The lowest BCUT2D eigenvalue weighted by Gasteiger charge is -2.03. The van der Waals surface area contributed by atoms with Gasteiger partial charge in [0.25, 0.3) is 0 Å². The van der Waals surface area contributed by atoms with Gasteiger partial charge in [-0.15, -0.1) is 5.54 Å². The van der Waals surface area contributed by atoms with Gasteiger partial charge in [-0.05, 0) is 0 Å². The number of halogens is 1. The van der Waals surface area contributed by atoms with Crippen LogP contribution < -0.4 is 0 Å². The molecule has 0 spiro atoms. The zero-order chi connectivity index (χ0) is 8.20. The molecule has 0 radical (unpaired) electrons. The summed E-state index contributed by atoms with van der Waals surface area (Å²) in [6.07, 6.45) is -1.35. The molecule has 0 heterocycles. The molecule has 10 heavy (non-hydrogen) atoms. The Morgan fingerprint density at radius 1 is 1.50 bits per heavy atom. The van der Waals surface area contributed by atoms with Crippen molar-refractivity contribution in [2.45, 2.75) is 25.8 Å². The Hall–Kier alpha value is -0.333. The Kier molecular flexibility index (Phi) is 3.62. The van der Waals surface area contributed by atoms with Crippen molar-refractivity contribution < 1.29 is 9.50 Å². The summed E-state index contributed by atoms with van der Waals surface area (Å²) < 4.78 is 12.3. The lowest BCUT2D eigenvalue weighted by atomic mass is 10.4. The molecule has 0 saturated heterocycles. The van der Waals surface area contributed by atoms with E-state index in [0.717, 1.165) is 0 Å². The fourth-order valence-electron chi connectivity index (χ4n) is 0.340. The summed E-state index contributed by atoms with van der Waals surface area (Å²) >= 11 is 0. The molecule has 0 saturated carbocycles. The molecule has 1 atom stereocenters. The lowest BCUT2D eigenvalue weighted by Crippen LogP contribution is -2.17. The maximum absolute atomic E-state index is 12.3. The standard InChI is InChI=1S/C7H13FOSi/c1-10(2,3)5-4-7(8)6-9/h7,9H,6H2,1-3H3. The molecule has 0 aromatic carbocycles. The number of aliphatic hydroxyl groups excluding tert-OH is 1. The summed E-state index contributed by atoms with van der Waals surface area (Å²) in [4.78, 5) is 0. The van der Waals surface area contributed by atoms with E-state index in [1.807, 2.05) is 19.6 Å². The van der Waals surface area contributed by atoms with Crippen molar-refractivity contribution in [2.75, 3.05) is 6.61 Å². The molecule has 0 aliphatic carbocycles. The highest BCUT2D eigenvalue weighted by atomic mass is 28.3. The highest BCUT2D eigenvalue weighted by Crippen LogP contribution is 1.97. The molecule has 1 N–H and O–H groups in total. The zero-order valence-electron chi connectivity index (χ0n) is 6.61. The highest BCUT2D eigenvalue weighted by Gasteiger charge is 2.08. The summed E-state index contributed by atoms with van der Waals surface area (Å²) in [6, 6.07) is 0. The molecule has 1 unspecified atom stereocenters. The largest absolute Gasteiger partial charge is 0.392 e. The van der Waals surface area contributed by atoms with Crippen LogP contribution in [0.1, 0.15) is 0 Å². The summed E-state index contributed by atoms with van der Waals surface area (Å²) in [7, 11) is -1.45. The van der Waals surface area contributed by atoms with Crippen molar-refractivity contribution in [1.29, 1.82) is 0 Å². The van der Waals surface area contributed by atoms with Crippen LogP contribution in [-0.4, -0.2) is 26.0 Å². The third kappa shape index (κ3) is 5.80. The van der Waals surface area contributed by atoms with E-state index in [4.69, 9.17) is 5.11 Å². The molecule has 58 valence electrons.